The van der Waals surface area contributed by atoms with Gasteiger partial charge in [0.1, 0.15) is 11.9 Å². The van der Waals surface area contributed by atoms with Crippen molar-refractivity contribution in [3.8, 4) is 6.07 Å². The fraction of sp³-hybridized carbons (Fsp3) is 0.533. The van der Waals surface area contributed by atoms with Gasteiger partial charge in [-0.05, 0) is 57.7 Å². The van der Waals surface area contributed by atoms with Gasteiger partial charge in [0, 0.05) is 6.04 Å². The predicted molar refractivity (Wildman–Crippen MR) is 73.0 cm³/mol. The molecule has 1 atom stereocenters. The Morgan fingerprint density at radius 3 is 2.42 bits per heavy atom. The summed E-state index contributed by atoms with van der Waals surface area (Å²) < 4.78 is 13.0. The summed E-state index contributed by atoms with van der Waals surface area (Å²) in [6.45, 7) is 2.13. The van der Waals surface area contributed by atoms with E-state index < -0.39 is 0 Å². The van der Waals surface area contributed by atoms with Crippen molar-refractivity contribution in [3.05, 3.63) is 35.6 Å². The summed E-state index contributed by atoms with van der Waals surface area (Å²) in [5.41, 5.74) is 0.866. The number of piperidine rings is 1. The molecule has 0 spiro atoms. The van der Waals surface area contributed by atoms with Crippen LogP contribution in [0.15, 0.2) is 24.3 Å². The summed E-state index contributed by atoms with van der Waals surface area (Å²) in [4.78, 5) is 4.43. The van der Waals surface area contributed by atoms with Crippen LogP contribution in [0.5, 0.6) is 0 Å². The Balaban J connectivity index is 2.09. The van der Waals surface area contributed by atoms with Crippen molar-refractivity contribution in [3.63, 3.8) is 0 Å². The molecule has 1 fully saturated rings. The first-order chi connectivity index (χ1) is 9.11. The molecule has 0 amide bonds. The van der Waals surface area contributed by atoms with Gasteiger partial charge in [0.2, 0.25) is 0 Å². The molecule has 1 unspecified atom stereocenters. The molecule has 1 aromatic rings. The molecule has 102 valence electrons. The number of rotatable bonds is 3. The van der Waals surface area contributed by atoms with Crippen LogP contribution in [0, 0.1) is 17.1 Å². The van der Waals surface area contributed by atoms with Gasteiger partial charge in [-0.25, -0.2) is 4.39 Å². The molecule has 3 nitrogen and oxygen atoms in total. The van der Waals surface area contributed by atoms with Gasteiger partial charge in [0.25, 0.3) is 0 Å². The summed E-state index contributed by atoms with van der Waals surface area (Å²) in [6.07, 6.45) is 2.15. The van der Waals surface area contributed by atoms with Gasteiger partial charge in [-0.3, -0.25) is 4.90 Å². The molecular weight excluding hydrogens is 241 g/mol. The number of likely N-dealkylation sites (tertiary alicyclic amines) is 1. The minimum absolute atomic E-state index is 0.262. The lowest BCUT2D eigenvalue weighted by molar-refractivity contribution is 0.126. The second-order valence-corrected chi connectivity index (χ2v) is 5.28. The molecule has 1 aromatic carbocycles. The minimum Gasteiger partial charge on any atom is -0.306 e. The van der Waals surface area contributed by atoms with Crippen molar-refractivity contribution in [1.82, 2.24) is 9.80 Å². The zero-order chi connectivity index (χ0) is 13.8. The fourth-order valence-corrected chi connectivity index (χ4v) is 2.66. The van der Waals surface area contributed by atoms with E-state index in [-0.39, 0.29) is 11.9 Å². The van der Waals surface area contributed by atoms with Gasteiger partial charge in [0.05, 0.1) is 6.07 Å². The predicted octanol–water partition coefficient (Wildman–Crippen LogP) is 2.42. The monoisotopic (exact) mass is 261 g/mol. The minimum atomic E-state index is -0.297. The van der Waals surface area contributed by atoms with Crippen LogP contribution >= 0.6 is 0 Å². The van der Waals surface area contributed by atoms with Gasteiger partial charge >= 0.3 is 0 Å². The second kappa shape index (κ2) is 6.14. The summed E-state index contributed by atoms with van der Waals surface area (Å²) in [6, 6.07) is 8.70. The Kier molecular flexibility index (Phi) is 4.52. The van der Waals surface area contributed by atoms with Crippen LogP contribution in [0.1, 0.15) is 24.4 Å². The van der Waals surface area contributed by atoms with Crippen molar-refractivity contribution in [2.24, 2.45) is 0 Å². The van der Waals surface area contributed by atoms with Crippen LogP contribution < -0.4 is 0 Å². The van der Waals surface area contributed by atoms with Crippen molar-refractivity contribution in [2.75, 3.05) is 27.2 Å². The van der Waals surface area contributed by atoms with E-state index in [1.807, 2.05) is 7.05 Å². The molecule has 0 N–H and O–H groups in total. The van der Waals surface area contributed by atoms with Crippen LogP contribution in [0.4, 0.5) is 4.39 Å². The third-order valence-electron chi connectivity index (χ3n) is 3.98. The topological polar surface area (TPSA) is 30.3 Å². The van der Waals surface area contributed by atoms with Crippen LogP contribution in [0.25, 0.3) is 0 Å². The maximum Gasteiger partial charge on any atom is 0.123 e. The van der Waals surface area contributed by atoms with E-state index in [9.17, 15) is 9.65 Å². The fourth-order valence-electron chi connectivity index (χ4n) is 2.66. The molecule has 0 aromatic heterocycles. The lowest BCUT2D eigenvalue weighted by atomic mass is 9.99. The van der Waals surface area contributed by atoms with Gasteiger partial charge in [-0.15, -0.1) is 0 Å². The first kappa shape index (κ1) is 14.0. The number of benzene rings is 1. The molecule has 4 heteroatoms. The average molecular weight is 261 g/mol. The van der Waals surface area contributed by atoms with Crippen LogP contribution in [-0.4, -0.2) is 43.0 Å². The first-order valence-corrected chi connectivity index (χ1v) is 6.67. The molecule has 0 bridgehead atoms. The Morgan fingerprint density at radius 1 is 1.32 bits per heavy atom. The number of halogens is 1. The van der Waals surface area contributed by atoms with E-state index in [1.165, 1.54) is 12.1 Å². The number of hydrogen-bond acceptors (Lipinski definition) is 3. The first-order valence-electron chi connectivity index (χ1n) is 6.67. The molecule has 2 rings (SSSR count). The SMILES string of the molecule is CN1CCC(N(C)C(C#N)c2ccc(F)cc2)CC1. The summed E-state index contributed by atoms with van der Waals surface area (Å²) >= 11 is 0. The Labute approximate surface area is 114 Å². The third-order valence-corrected chi connectivity index (χ3v) is 3.98. The Bertz CT molecular complexity index is 443. The molecule has 1 saturated heterocycles. The highest BCUT2D eigenvalue weighted by atomic mass is 19.1. The average Bonchev–Trinajstić information content (AvgIpc) is 2.42. The van der Waals surface area contributed by atoms with Crippen LogP contribution in [0.3, 0.4) is 0 Å². The van der Waals surface area contributed by atoms with Crippen molar-refractivity contribution in [2.45, 2.75) is 24.9 Å². The van der Waals surface area contributed by atoms with E-state index in [1.54, 1.807) is 12.1 Å². The summed E-state index contributed by atoms with van der Waals surface area (Å²) in [5, 5.41) is 9.41. The highest BCUT2D eigenvalue weighted by Crippen LogP contribution is 2.25. The maximum atomic E-state index is 13.0. The number of hydrogen-bond donors (Lipinski definition) is 0. The highest BCUT2D eigenvalue weighted by Gasteiger charge is 2.26. The van der Waals surface area contributed by atoms with Gasteiger partial charge < -0.3 is 4.90 Å². The summed E-state index contributed by atoms with van der Waals surface area (Å²) in [7, 11) is 4.12. The van der Waals surface area contributed by atoms with E-state index in [0.717, 1.165) is 31.5 Å². The Hall–Kier alpha value is -1.44. The normalized spacial score (nSPS) is 19.3. The van der Waals surface area contributed by atoms with E-state index in [2.05, 4.69) is 22.9 Å². The lowest BCUT2D eigenvalue weighted by Crippen LogP contribution is -2.43. The van der Waals surface area contributed by atoms with E-state index in [0.29, 0.717) is 6.04 Å². The Morgan fingerprint density at radius 2 is 1.89 bits per heavy atom. The molecular formula is C15H20FN3. The zero-order valence-corrected chi connectivity index (χ0v) is 11.5. The molecule has 1 heterocycles. The van der Waals surface area contributed by atoms with Crippen molar-refractivity contribution >= 4 is 0 Å². The van der Waals surface area contributed by atoms with Crippen molar-refractivity contribution in [1.29, 1.82) is 5.26 Å². The molecule has 0 radical (unpaired) electrons. The van der Waals surface area contributed by atoms with E-state index >= 15 is 0 Å². The van der Waals surface area contributed by atoms with Gasteiger partial charge in [0.15, 0.2) is 0 Å². The molecule has 19 heavy (non-hydrogen) atoms. The largest absolute Gasteiger partial charge is 0.306 e. The molecule has 0 aliphatic carbocycles. The summed E-state index contributed by atoms with van der Waals surface area (Å²) in [5.74, 6) is -0.262. The van der Waals surface area contributed by atoms with Gasteiger partial charge in [-0.1, -0.05) is 12.1 Å². The van der Waals surface area contributed by atoms with Crippen molar-refractivity contribution < 1.29 is 4.39 Å². The smallest absolute Gasteiger partial charge is 0.123 e. The lowest BCUT2D eigenvalue weighted by Gasteiger charge is -2.37. The standard InChI is InChI=1S/C15H20FN3/c1-18-9-7-14(8-10-18)19(2)15(11-17)12-3-5-13(16)6-4-12/h3-6,14-15H,7-10H2,1-2H3. The zero-order valence-electron chi connectivity index (χ0n) is 11.5. The highest BCUT2D eigenvalue weighted by molar-refractivity contribution is 5.24. The number of nitriles is 1. The van der Waals surface area contributed by atoms with E-state index in [4.69, 9.17) is 0 Å². The molecule has 1 aliphatic heterocycles. The maximum absolute atomic E-state index is 13.0. The second-order valence-electron chi connectivity index (χ2n) is 5.28. The van der Waals surface area contributed by atoms with Crippen LogP contribution in [0.2, 0.25) is 0 Å². The quantitative estimate of drug-likeness (QED) is 0.837. The third kappa shape index (κ3) is 3.31. The molecule has 0 saturated carbocycles. The molecule has 1 aliphatic rings. The van der Waals surface area contributed by atoms with Gasteiger partial charge in [-0.2, -0.15) is 5.26 Å². The van der Waals surface area contributed by atoms with Crippen LogP contribution in [-0.2, 0) is 0 Å². The number of nitrogens with zero attached hydrogens (tertiary/aromatic N) is 3.